The number of carbonyl (C=O) groups is 1. The number of hydrogen-bond acceptors (Lipinski definition) is 4. The lowest BCUT2D eigenvalue weighted by Crippen LogP contribution is -2.69. The summed E-state index contributed by atoms with van der Waals surface area (Å²) in [5, 5.41) is 12.3. The van der Waals surface area contributed by atoms with Gasteiger partial charge in [-0.05, 0) is 20.0 Å². The summed E-state index contributed by atoms with van der Waals surface area (Å²) in [6.07, 6.45) is 0.257. The minimum atomic E-state index is -0.688. The molecule has 0 aromatic carbocycles. The van der Waals surface area contributed by atoms with Crippen molar-refractivity contribution in [2.24, 2.45) is 5.92 Å². The molecule has 0 aromatic heterocycles. The van der Waals surface area contributed by atoms with Gasteiger partial charge in [0.05, 0.1) is 12.0 Å². The van der Waals surface area contributed by atoms with Gasteiger partial charge in [0.2, 0.25) is 0 Å². The molecule has 2 rings (SSSR count). The first kappa shape index (κ1) is 12.8. The first-order valence-corrected chi connectivity index (χ1v) is 6.28. The first-order valence-electron chi connectivity index (χ1n) is 6.28. The van der Waals surface area contributed by atoms with Gasteiger partial charge in [-0.25, -0.2) is 0 Å². The largest absolute Gasteiger partial charge is 0.481 e. The van der Waals surface area contributed by atoms with Crippen LogP contribution in [0.1, 0.15) is 13.3 Å². The molecule has 0 bridgehead atoms. The molecule has 0 aromatic rings. The summed E-state index contributed by atoms with van der Waals surface area (Å²) in [5.41, 5.74) is -0.134. The van der Waals surface area contributed by atoms with E-state index in [1.54, 1.807) is 0 Å². The molecule has 2 N–H and O–H groups in total. The van der Waals surface area contributed by atoms with Crippen LogP contribution in [0.2, 0.25) is 0 Å². The summed E-state index contributed by atoms with van der Waals surface area (Å²) in [6.45, 7) is 5.88. The van der Waals surface area contributed by atoms with E-state index in [0.29, 0.717) is 12.0 Å². The Morgan fingerprint density at radius 3 is 2.47 bits per heavy atom. The average molecular weight is 241 g/mol. The highest BCUT2D eigenvalue weighted by atomic mass is 16.4. The van der Waals surface area contributed by atoms with Gasteiger partial charge in [-0.1, -0.05) is 6.92 Å². The molecule has 0 aliphatic carbocycles. The molecule has 0 radical (unpaired) electrons. The third kappa shape index (κ3) is 2.32. The second-order valence-corrected chi connectivity index (χ2v) is 5.81. The maximum atomic E-state index is 11.0. The lowest BCUT2D eigenvalue weighted by molar-refractivity contribution is -0.141. The maximum Gasteiger partial charge on any atom is 0.305 e. The topological polar surface area (TPSA) is 55.8 Å². The maximum absolute atomic E-state index is 11.0. The number of carboxylic acid groups (broad SMARTS) is 1. The SMILES string of the molecule is CC1CN(C2(CC(=O)O)CNC2)CC1N(C)C. The van der Waals surface area contributed by atoms with Gasteiger partial charge in [0, 0.05) is 32.2 Å². The molecule has 2 unspecified atom stereocenters. The molecule has 98 valence electrons. The third-order valence-corrected chi connectivity index (χ3v) is 4.30. The molecule has 0 saturated carbocycles. The van der Waals surface area contributed by atoms with E-state index < -0.39 is 5.97 Å². The molecule has 2 saturated heterocycles. The van der Waals surface area contributed by atoms with E-state index >= 15 is 0 Å². The predicted octanol–water partition coefficient (Wildman–Crippen LogP) is -0.315. The van der Waals surface area contributed by atoms with Crippen molar-refractivity contribution in [1.29, 1.82) is 0 Å². The fourth-order valence-electron chi connectivity index (χ4n) is 3.16. The molecule has 2 fully saturated rings. The van der Waals surface area contributed by atoms with Crippen LogP contribution in [0.4, 0.5) is 0 Å². The molecule has 2 aliphatic heterocycles. The zero-order chi connectivity index (χ0) is 12.6. The van der Waals surface area contributed by atoms with Gasteiger partial charge < -0.3 is 15.3 Å². The van der Waals surface area contributed by atoms with E-state index in [2.05, 4.69) is 36.1 Å². The number of hydrogen-bond donors (Lipinski definition) is 2. The summed E-state index contributed by atoms with van der Waals surface area (Å²) in [4.78, 5) is 15.6. The zero-order valence-electron chi connectivity index (χ0n) is 10.9. The quantitative estimate of drug-likeness (QED) is 0.707. The van der Waals surface area contributed by atoms with Crippen LogP contribution in [-0.2, 0) is 4.79 Å². The van der Waals surface area contributed by atoms with Gasteiger partial charge >= 0.3 is 5.97 Å². The summed E-state index contributed by atoms with van der Waals surface area (Å²) < 4.78 is 0. The predicted molar refractivity (Wildman–Crippen MR) is 66.1 cm³/mol. The van der Waals surface area contributed by atoms with Crippen LogP contribution < -0.4 is 5.32 Å². The van der Waals surface area contributed by atoms with Gasteiger partial charge in [-0.15, -0.1) is 0 Å². The Morgan fingerprint density at radius 1 is 1.47 bits per heavy atom. The van der Waals surface area contributed by atoms with E-state index in [-0.39, 0.29) is 12.0 Å². The van der Waals surface area contributed by atoms with Gasteiger partial charge in [-0.2, -0.15) is 0 Å². The van der Waals surface area contributed by atoms with Crippen molar-refractivity contribution >= 4 is 5.97 Å². The number of likely N-dealkylation sites (tertiary alicyclic amines) is 1. The minimum absolute atomic E-state index is 0.134. The molecule has 0 spiro atoms. The fraction of sp³-hybridized carbons (Fsp3) is 0.917. The Labute approximate surface area is 103 Å². The Morgan fingerprint density at radius 2 is 2.12 bits per heavy atom. The smallest absolute Gasteiger partial charge is 0.305 e. The Balaban J connectivity index is 2.05. The molecule has 0 amide bonds. The van der Waals surface area contributed by atoms with E-state index in [4.69, 9.17) is 5.11 Å². The van der Waals surface area contributed by atoms with Gasteiger partial charge in [-0.3, -0.25) is 9.69 Å². The summed E-state index contributed by atoms with van der Waals surface area (Å²) in [5.74, 6) is -0.0799. The highest BCUT2D eigenvalue weighted by molar-refractivity contribution is 5.69. The van der Waals surface area contributed by atoms with Crippen molar-refractivity contribution < 1.29 is 9.90 Å². The zero-order valence-corrected chi connectivity index (χ0v) is 10.9. The van der Waals surface area contributed by atoms with E-state index in [1.807, 2.05) is 0 Å². The number of likely N-dealkylation sites (N-methyl/N-ethyl adjacent to an activating group) is 1. The highest BCUT2D eigenvalue weighted by Gasteiger charge is 2.48. The van der Waals surface area contributed by atoms with Crippen molar-refractivity contribution in [1.82, 2.24) is 15.1 Å². The molecule has 2 atom stereocenters. The van der Waals surface area contributed by atoms with Crippen LogP contribution in [0.5, 0.6) is 0 Å². The van der Waals surface area contributed by atoms with Crippen LogP contribution in [0, 0.1) is 5.92 Å². The summed E-state index contributed by atoms with van der Waals surface area (Å²) in [7, 11) is 4.21. The normalized spacial score (nSPS) is 32.7. The van der Waals surface area contributed by atoms with Crippen LogP contribution in [0.15, 0.2) is 0 Å². The van der Waals surface area contributed by atoms with Gasteiger partial charge in [0.15, 0.2) is 0 Å². The average Bonchev–Trinajstić information content (AvgIpc) is 2.53. The van der Waals surface area contributed by atoms with Crippen LogP contribution in [0.25, 0.3) is 0 Å². The molecule has 17 heavy (non-hydrogen) atoms. The summed E-state index contributed by atoms with van der Waals surface area (Å²) in [6, 6.07) is 0.543. The van der Waals surface area contributed by atoms with Crippen molar-refractivity contribution in [2.75, 3.05) is 40.3 Å². The first-order chi connectivity index (χ1) is 7.94. The van der Waals surface area contributed by atoms with Gasteiger partial charge in [0.25, 0.3) is 0 Å². The molecular weight excluding hydrogens is 218 g/mol. The molecular formula is C12H23N3O2. The lowest BCUT2D eigenvalue weighted by atomic mass is 9.86. The van der Waals surface area contributed by atoms with E-state index in [0.717, 1.165) is 26.2 Å². The number of aliphatic carboxylic acids is 1. The number of carboxylic acids is 1. The number of rotatable bonds is 4. The second-order valence-electron chi connectivity index (χ2n) is 5.81. The Bertz CT molecular complexity index is 302. The molecule has 5 heteroatoms. The highest BCUT2D eigenvalue weighted by Crippen LogP contribution is 2.32. The van der Waals surface area contributed by atoms with Gasteiger partial charge in [0.1, 0.15) is 0 Å². The minimum Gasteiger partial charge on any atom is -0.481 e. The fourth-order valence-corrected chi connectivity index (χ4v) is 3.16. The Kier molecular flexibility index (Phi) is 3.43. The van der Waals surface area contributed by atoms with Crippen molar-refractivity contribution in [3.8, 4) is 0 Å². The van der Waals surface area contributed by atoms with Crippen LogP contribution in [-0.4, -0.2) is 72.7 Å². The number of nitrogens with one attached hydrogen (secondary N) is 1. The van der Waals surface area contributed by atoms with E-state index in [9.17, 15) is 4.79 Å². The molecule has 5 nitrogen and oxygen atoms in total. The molecule has 2 heterocycles. The lowest BCUT2D eigenvalue weighted by Gasteiger charge is -2.48. The van der Waals surface area contributed by atoms with Crippen LogP contribution >= 0.6 is 0 Å². The number of nitrogens with zero attached hydrogens (tertiary/aromatic N) is 2. The standard InChI is InChI=1S/C12H23N3O2/c1-9-5-15(6-10(9)14(2)3)12(4-11(16)17)7-13-8-12/h9-10,13H,4-8H2,1-3H3,(H,16,17). The van der Waals surface area contributed by atoms with Crippen molar-refractivity contribution in [2.45, 2.75) is 24.9 Å². The van der Waals surface area contributed by atoms with Crippen molar-refractivity contribution in [3.63, 3.8) is 0 Å². The van der Waals surface area contributed by atoms with E-state index in [1.165, 1.54) is 0 Å². The second kappa shape index (κ2) is 4.55. The monoisotopic (exact) mass is 241 g/mol. The Hall–Kier alpha value is -0.650. The van der Waals surface area contributed by atoms with Crippen molar-refractivity contribution in [3.05, 3.63) is 0 Å². The van der Waals surface area contributed by atoms with Crippen LogP contribution in [0.3, 0.4) is 0 Å². The third-order valence-electron chi connectivity index (χ3n) is 4.30. The molecule has 2 aliphatic rings. The summed E-state index contributed by atoms with van der Waals surface area (Å²) >= 11 is 0.